The van der Waals surface area contributed by atoms with E-state index < -0.39 is 0 Å². The molecule has 1 unspecified atom stereocenters. The maximum absolute atomic E-state index is 11.8. The minimum Gasteiger partial charge on any atom is -0.294 e. The van der Waals surface area contributed by atoms with Crippen LogP contribution in [0.4, 0.5) is 0 Å². The molecule has 0 aliphatic heterocycles. The van der Waals surface area contributed by atoms with Gasteiger partial charge in [0.15, 0.2) is 5.78 Å². The Hall–Kier alpha value is -1.08. The molecule has 1 aromatic rings. The predicted molar refractivity (Wildman–Crippen MR) is 59.8 cm³/mol. The number of rotatable bonds is 4. The van der Waals surface area contributed by atoms with Crippen LogP contribution in [0.5, 0.6) is 0 Å². The summed E-state index contributed by atoms with van der Waals surface area (Å²) in [6.45, 7) is 5.51. The molecule has 0 N–H and O–H groups in total. The Kier molecular flexibility index (Phi) is 3.90. The molecule has 0 amide bonds. The van der Waals surface area contributed by atoms with Gasteiger partial charge in [-0.05, 0) is 18.6 Å². The maximum Gasteiger partial charge on any atom is 0.166 e. The molecular formula is C12H13ClO. The highest BCUT2D eigenvalue weighted by Gasteiger charge is 2.13. The molecule has 0 aliphatic rings. The van der Waals surface area contributed by atoms with Gasteiger partial charge in [-0.2, -0.15) is 0 Å². The zero-order chi connectivity index (χ0) is 10.6. The first-order chi connectivity index (χ1) is 6.65. The number of carbonyl (C=O) groups excluding carboxylic acids is 1. The van der Waals surface area contributed by atoms with Crippen LogP contribution < -0.4 is 0 Å². The number of carbonyl (C=O) groups is 1. The highest BCUT2D eigenvalue weighted by molar-refractivity contribution is 6.31. The average molecular weight is 209 g/mol. The van der Waals surface area contributed by atoms with Gasteiger partial charge in [-0.25, -0.2) is 0 Å². The lowest BCUT2D eigenvalue weighted by molar-refractivity contribution is 0.0931. The molecule has 0 fully saturated rings. The van der Waals surface area contributed by atoms with Crippen molar-refractivity contribution in [2.45, 2.75) is 13.3 Å². The van der Waals surface area contributed by atoms with Crippen LogP contribution in [0, 0.1) is 5.92 Å². The summed E-state index contributed by atoms with van der Waals surface area (Å²) in [5.41, 5.74) is 0.673. The fraction of sp³-hybridized carbons (Fsp3) is 0.250. The second-order valence-electron chi connectivity index (χ2n) is 3.30. The van der Waals surface area contributed by atoms with Crippen LogP contribution in [0.25, 0.3) is 0 Å². The van der Waals surface area contributed by atoms with Crippen molar-refractivity contribution in [1.29, 1.82) is 0 Å². The van der Waals surface area contributed by atoms with E-state index in [2.05, 4.69) is 6.58 Å². The second-order valence-corrected chi connectivity index (χ2v) is 3.74. The zero-order valence-corrected chi connectivity index (χ0v) is 8.92. The van der Waals surface area contributed by atoms with E-state index in [-0.39, 0.29) is 11.7 Å². The first-order valence-corrected chi connectivity index (χ1v) is 4.93. The third kappa shape index (κ3) is 2.71. The number of allylic oxidation sites excluding steroid dienone is 1. The largest absolute Gasteiger partial charge is 0.294 e. The lowest BCUT2D eigenvalue weighted by atomic mass is 9.97. The quantitative estimate of drug-likeness (QED) is 0.544. The summed E-state index contributed by atoms with van der Waals surface area (Å²) in [7, 11) is 0. The molecule has 0 spiro atoms. The Morgan fingerprint density at radius 1 is 1.64 bits per heavy atom. The molecule has 0 aromatic heterocycles. The SMILES string of the molecule is C=CCC(C)C(=O)c1cccc(Cl)c1. The van der Waals surface area contributed by atoms with Gasteiger partial charge >= 0.3 is 0 Å². The summed E-state index contributed by atoms with van der Waals surface area (Å²) >= 11 is 5.80. The molecule has 14 heavy (non-hydrogen) atoms. The molecule has 1 atom stereocenters. The second kappa shape index (κ2) is 4.97. The monoisotopic (exact) mass is 208 g/mol. The number of halogens is 1. The number of hydrogen-bond donors (Lipinski definition) is 0. The molecule has 1 rings (SSSR count). The average Bonchev–Trinajstić information content (AvgIpc) is 2.17. The molecular weight excluding hydrogens is 196 g/mol. The fourth-order valence-electron chi connectivity index (χ4n) is 1.28. The van der Waals surface area contributed by atoms with Crippen molar-refractivity contribution < 1.29 is 4.79 Å². The van der Waals surface area contributed by atoms with Crippen molar-refractivity contribution in [3.63, 3.8) is 0 Å². The lowest BCUT2D eigenvalue weighted by Gasteiger charge is -2.07. The Bertz CT molecular complexity index is 344. The molecule has 0 aliphatic carbocycles. The van der Waals surface area contributed by atoms with E-state index in [9.17, 15) is 4.79 Å². The summed E-state index contributed by atoms with van der Waals surface area (Å²) in [4.78, 5) is 11.8. The van der Waals surface area contributed by atoms with Crippen molar-refractivity contribution in [1.82, 2.24) is 0 Å². The molecule has 0 bridgehead atoms. The van der Waals surface area contributed by atoms with Crippen LogP contribution in [0.1, 0.15) is 23.7 Å². The number of benzene rings is 1. The smallest absolute Gasteiger partial charge is 0.166 e. The molecule has 1 nitrogen and oxygen atoms in total. The van der Waals surface area contributed by atoms with E-state index in [1.54, 1.807) is 30.3 Å². The van der Waals surface area contributed by atoms with E-state index in [1.165, 1.54) is 0 Å². The summed E-state index contributed by atoms with van der Waals surface area (Å²) in [6, 6.07) is 7.03. The molecule has 2 heteroatoms. The third-order valence-electron chi connectivity index (χ3n) is 2.08. The van der Waals surface area contributed by atoms with Gasteiger partial charge in [-0.3, -0.25) is 4.79 Å². The van der Waals surface area contributed by atoms with Gasteiger partial charge in [-0.15, -0.1) is 6.58 Å². The Morgan fingerprint density at radius 2 is 2.36 bits per heavy atom. The minimum absolute atomic E-state index is 0.0223. The van der Waals surface area contributed by atoms with Gasteiger partial charge < -0.3 is 0 Å². The number of hydrogen-bond acceptors (Lipinski definition) is 1. The molecule has 0 radical (unpaired) electrons. The maximum atomic E-state index is 11.8. The number of ketones is 1. The first-order valence-electron chi connectivity index (χ1n) is 4.56. The Labute approximate surface area is 89.4 Å². The van der Waals surface area contributed by atoms with Crippen molar-refractivity contribution in [2.24, 2.45) is 5.92 Å². The van der Waals surface area contributed by atoms with E-state index in [0.29, 0.717) is 17.0 Å². The fourth-order valence-corrected chi connectivity index (χ4v) is 1.47. The molecule has 0 heterocycles. The van der Waals surface area contributed by atoms with Crippen LogP contribution in [-0.2, 0) is 0 Å². The van der Waals surface area contributed by atoms with Gasteiger partial charge in [-0.1, -0.05) is 36.7 Å². The zero-order valence-electron chi connectivity index (χ0n) is 8.16. The summed E-state index contributed by atoms with van der Waals surface area (Å²) in [5.74, 6) is 0.0957. The molecule has 0 saturated carbocycles. The van der Waals surface area contributed by atoms with Crippen LogP contribution in [0.3, 0.4) is 0 Å². The van der Waals surface area contributed by atoms with E-state index in [0.717, 1.165) is 0 Å². The predicted octanol–water partition coefficient (Wildman–Crippen LogP) is 3.73. The van der Waals surface area contributed by atoms with Crippen LogP contribution >= 0.6 is 11.6 Å². The van der Waals surface area contributed by atoms with Crippen LogP contribution in [0.2, 0.25) is 5.02 Å². The van der Waals surface area contributed by atoms with Gasteiger partial charge in [0.25, 0.3) is 0 Å². The van der Waals surface area contributed by atoms with E-state index in [1.807, 2.05) is 6.92 Å². The van der Waals surface area contributed by atoms with E-state index in [4.69, 9.17) is 11.6 Å². The molecule has 1 aromatic carbocycles. The van der Waals surface area contributed by atoms with Crippen molar-refractivity contribution in [2.75, 3.05) is 0 Å². The molecule has 0 saturated heterocycles. The normalized spacial score (nSPS) is 12.1. The van der Waals surface area contributed by atoms with Gasteiger partial charge in [0.05, 0.1) is 0 Å². The minimum atomic E-state index is -0.0223. The summed E-state index contributed by atoms with van der Waals surface area (Å²) in [6.07, 6.45) is 2.46. The number of Topliss-reactive ketones (excluding diaryl/α,β-unsaturated/α-hetero) is 1. The standard InChI is InChI=1S/C12H13ClO/c1-3-5-9(2)12(14)10-6-4-7-11(13)8-10/h3-4,6-9H,1,5H2,2H3. The first kappa shape index (κ1) is 11.0. The highest BCUT2D eigenvalue weighted by Crippen LogP contribution is 2.16. The molecule has 74 valence electrons. The van der Waals surface area contributed by atoms with Gasteiger partial charge in [0.2, 0.25) is 0 Å². The van der Waals surface area contributed by atoms with Crippen molar-refractivity contribution in [3.8, 4) is 0 Å². The van der Waals surface area contributed by atoms with Crippen molar-refractivity contribution >= 4 is 17.4 Å². The highest BCUT2D eigenvalue weighted by atomic mass is 35.5. The van der Waals surface area contributed by atoms with Gasteiger partial charge in [0.1, 0.15) is 0 Å². The lowest BCUT2D eigenvalue weighted by Crippen LogP contribution is -2.10. The topological polar surface area (TPSA) is 17.1 Å². The summed E-state index contributed by atoms with van der Waals surface area (Å²) < 4.78 is 0. The summed E-state index contributed by atoms with van der Waals surface area (Å²) in [5, 5.41) is 0.599. The van der Waals surface area contributed by atoms with Crippen LogP contribution in [-0.4, -0.2) is 5.78 Å². The Balaban J connectivity index is 2.83. The van der Waals surface area contributed by atoms with E-state index >= 15 is 0 Å². The van der Waals surface area contributed by atoms with Crippen LogP contribution in [0.15, 0.2) is 36.9 Å². The third-order valence-corrected chi connectivity index (χ3v) is 2.31. The Morgan fingerprint density at radius 3 is 2.93 bits per heavy atom. The van der Waals surface area contributed by atoms with Crippen molar-refractivity contribution in [3.05, 3.63) is 47.5 Å². The van der Waals surface area contributed by atoms with Gasteiger partial charge in [0, 0.05) is 16.5 Å².